The third-order valence-electron chi connectivity index (χ3n) is 5.66. The maximum Gasteiger partial charge on any atom is 0.307 e. The third-order valence-corrected chi connectivity index (χ3v) is 5.66. The molecule has 3 rings (SSSR count). The van der Waals surface area contributed by atoms with Crippen molar-refractivity contribution in [3.63, 3.8) is 0 Å². The van der Waals surface area contributed by atoms with Crippen LogP contribution in [0.15, 0.2) is 12.3 Å². The Balaban J connectivity index is 1.82. The SMILES string of the molecule is CCn1nccc1CN1CC(C(=O)O)CCC12CCCCC2. The van der Waals surface area contributed by atoms with Crippen molar-refractivity contribution in [2.75, 3.05) is 6.54 Å². The van der Waals surface area contributed by atoms with Crippen LogP contribution in [0.5, 0.6) is 0 Å². The van der Waals surface area contributed by atoms with Crippen molar-refractivity contribution in [2.24, 2.45) is 5.92 Å². The fourth-order valence-electron chi connectivity index (χ4n) is 4.34. The Morgan fingerprint density at radius 3 is 2.82 bits per heavy atom. The number of aromatic nitrogens is 2. The topological polar surface area (TPSA) is 58.4 Å². The molecule has 1 N–H and O–H groups in total. The molecule has 1 saturated carbocycles. The predicted molar refractivity (Wildman–Crippen MR) is 84.5 cm³/mol. The van der Waals surface area contributed by atoms with E-state index in [1.54, 1.807) is 0 Å². The number of hydrogen-bond donors (Lipinski definition) is 1. The summed E-state index contributed by atoms with van der Waals surface area (Å²) in [5.74, 6) is -0.856. The van der Waals surface area contributed by atoms with Crippen molar-refractivity contribution in [3.8, 4) is 0 Å². The lowest BCUT2D eigenvalue weighted by Gasteiger charge is -2.51. The first-order chi connectivity index (χ1) is 10.6. The van der Waals surface area contributed by atoms with Gasteiger partial charge in [-0.05, 0) is 38.7 Å². The third kappa shape index (κ3) is 2.91. The van der Waals surface area contributed by atoms with E-state index >= 15 is 0 Å². The van der Waals surface area contributed by atoms with Crippen LogP contribution in [-0.4, -0.2) is 37.8 Å². The Labute approximate surface area is 132 Å². The quantitative estimate of drug-likeness (QED) is 0.929. The molecule has 5 nitrogen and oxygen atoms in total. The molecule has 1 unspecified atom stereocenters. The molecule has 22 heavy (non-hydrogen) atoms. The van der Waals surface area contributed by atoms with E-state index in [0.717, 1.165) is 25.9 Å². The van der Waals surface area contributed by atoms with E-state index in [4.69, 9.17) is 0 Å². The summed E-state index contributed by atoms with van der Waals surface area (Å²) in [6.45, 7) is 4.48. The molecule has 1 aromatic heterocycles. The zero-order valence-electron chi connectivity index (χ0n) is 13.5. The van der Waals surface area contributed by atoms with Crippen LogP contribution in [0.3, 0.4) is 0 Å². The Morgan fingerprint density at radius 1 is 1.36 bits per heavy atom. The van der Waals surface area contributed by atoms with Crippen LogP contribution in [0, 0.1) is 5.92 Å². The van der Waals surface area contributed by atoms with Crippen LogP contribution in [-0.2, 0) is 17.9 Å². The molecule has 2 fully saturated rings. The average molecular weight is 305 g/mol. The van der Waals surface area contributed by atoms with Crippen molar-refractivity contribution in [1.29, 1.82) is 0 Å². The molecule has 122 valence electrons. The molecule has 1 saturated heterocycles. The van der Waals surface area contributed by atoms with Gasteiger partial charge >= 0.3 is 5.97 Å². The molecule has 2 heterocycles. The molecular formula is C17H27N3O2. The van der Waals surface area contributed by atoms with Gasteiger partial charge in [-0.2, -0.15) is 5.10 Å². The van der Waals surface area contributed by atoms with E-state index in [2.05, 4.69) is 23.0 Å². The van der Waals surface area contributed by atoms with Crippen molar-refractivity contribution < 1.29 is 9.90 Å². The maximum atomic E-state index is 11.5. The number of aryl methyl sites for hydroxylation is 1. The van der Waals surface area contributed by atoms with Crippen molar-refractivity contribution in [3.05, 3.63) is 18.0 Å². The van der Waals surface area contributed by atoms with Gasteiger partial charge in [-0.1, -0.05) is 19.3 Å². The molecule has 0 bridgehead atoms. The number of nitrogens with zero attached hydrogens (tertiary/aromatic N) is 3. The molecular weight excluding hydrogens is 278 g/mol. The molecule has 1 atom stereocenters. The first-order valence-corrected chi connectivity index (χ1v) is 8.63. The van der Waals surface area contributed by atoms with Crippen molar-refractivity contribution in [2.45, 2.75) is 70.5 Å². The molecule has 2 aliphatic rings. The molecule has 5 heteroatoms. The molecule has 1 aromatic rings. The summed E-state index contributed by atoms with van der Waals surface area (Å²) in [6.07, 6.45) is 10.0. The Kier molecular flexibility index (Phi) is 4.52. The standard InChI is InChI=1S/C17H27N3O2/c1-2-20-15(7-11-18-20)13-19-12-14(16(21)22)6-10-17(19)8-4-3-5-9-17/h7,11,14H,2-6,8-10,12-13H2,1H3,(H,21,22). The summed E-state index contributed by atoms with van der Waals surface area (Å²) in [6, 6.07) is 2.07. The minimum absolute atomic E-state index is 0.217. The lowest BCUT2D eigenvalue weighted by atomic mass is 9.72. The first kappa shape index (κ1) is 15.5. The number of carboxylic acid groups (broad SMARTS) is 1. The second kappa shape index (κ2) is 6.41. The van der Waals surface area contributed by atoms with Gasteiger partial charge in [-0.15, -0.1) is 0 Å². The van der Waals surface area contributed by atoms with E-state index in [-0.39, 0.29) is 11.5 Å². The average Bonchev–Trinajstić information content (AvgIpc) is 2.97. The molecule has 1 aliphatic carbocycles. The van der Waals surface area contributed by atoms with E-state index in [1.165, 1.54) is 37.8 Å². The van der Waals surface area contributed by atoms with E-state index in [1.807, 2.05) is 10.9 Å². The Bertz CT molecular complexity index is 520. The monoisotopic (exact) mass is 305 g/mol. The minimum Gasteiger partial charge on any atom is -0.481 e. The van der Waals surface area contributed by atoms with Gasteiger partial charge in [-0.3, -0.25) is 14.4 Å². The van der Waals surface area contributed by atoms with E-state index in [0.29, 0.717) is 6.54 Å². The van der Waals surface area contributed by atoms with Crippen molar-refractivity contribution >= 4 is 5.97 Å². The molecule has 0 radical (unpaired) electrons. The number of rotatable bonds is 4. The lowest BCUT2D eigenvalue weighted by molar-refractivity contribution is -0.146. The number of carbonyl (C=O) groups is 1. The van der Waals surface area contributed by atoms with Crippen LogP contribution in [0.4, 0.5) is 0 Å². The summed E-state index contributed by atoms with van der Waals surface area (Å²) in [5, 5.41) is 13.8. The Hall–Kier alpha value is -1.36. The number of aliphatic carboxylic acids is 1. The summed E-state index contributed by atoms with van der Waals surface area (Å²) in [7, 11) is 0. The van der Waals surface area contributed by atoms with E-state index in [9.17, 15) is 9.90 Å². The largest absolute Gasteiger partial charge is 0.481 e. The summed E-state index contributed by atoms with van der Waals surface area (Å²) >= 11 is 0. The smallest absolute Gasteiger partial charge is 0.307 e. The Morgan fingerprint density at radius 2 is 2.14 bits per heavy atom. The van der Waals surface area contributed by atoms with Gasteiger partial charge in [0.1, 0.15) is 0 Å². The number of piperidine rings is 1. The highest BCUT2D eigenvalue weighted by molar-refractivity contribution is 5.70. The van der Waals surface area contributed by atoms with Crippen LogP contribution < -0.4 is 0 Å². The molecule has 1 spiro atoms. The number of likely N-dealkylation sites (tertiary alicyclic amines) is 1. The first-order valence-electron chi connectivity index (χ1n) is 8.63. The van der Waals surface area contributed by atoms with Crippen LogP contribution in [0.2, 0.25) is 0 Å². The molecule has 0 aromatic carbocycles. The van der Waals surface area contributed by atoms with Gasteiger partial charge in [0, 0.05) is 31.4 Å². The van der Waals surface area contributed by atoms with Crippen molar-refractivity contribution in [1.82, 2.24) is 14.7 Å². The van der Waals surface area contributed by atoms with Crippen LogP contribution in [0.25, 0.3) is 0 Å². The van der Waals surface area contributed by atoms with Crippen LogP contribution in [0.1, 0.15) is 57.6 Å². The van der Waals surface area contributed by atoms with Gasteiger partial charge in [0.25, 0.3) is 0 Å². The summed E-state index contributed by atoms with van der Waals surface area (Å²) in [4.78, 5) is 13.9. The van der Waals surface area contributed by atoms with E-state index < -0.39 is 5.97 Å². The summed E-state index contributed by atoms with van der Waals surface area (Å²) in [5.41, 5.74) is 1.44. The minimum atomic E-state index is -0.639. The van der Waals surface area contributed by atoms with Gasteiger partial charge in [0.05, 0.1) is 11.6 Å². The fourth-order valence-corrected chi connectivity index (χ4v) is 4.34. The predicted octanol–water partition coefficient (Wildman–Crippen LogP) is 2.90. The normalized spacial score (nSPS) is 25.4. The zero-order valence-corrected chi connectivity index (χ0v) is 13.5. The highest BCUT2D eigenvalue weighted by atomic mass is 16.4. The second-order valence-corrected chi connectivity index (χ2v) is 6.88. The second-order valence-electron chi connectivity index (χ2n) is 6.88. The highest BCUT2D eigenvalue weighted by Crippen LogP contribution is 2.42. The highest BCUT2D eigenvalue weighted by Gasteiger charge is 2.43. The summed E-state index contributed by atoms with van der Waals surface area (Å²) < 4.78 is 2.03. The zero-order chi connectivity index (χ0) is 15.6. The lowest BCUT2D eigenvalue weighted by Crippen LogP contribution is -2.55. The van der Waals surface area contributed by atoms with Gasteiger partial charge in [0.15, 0.2) is 0 Å². The van der Waals surface area contributed by atoms with Crippen LogP contribution >= 0.6 is 0 Å². The molecule has 0 amide bonds. The van der Waals surface area contributed by atoms with Gasteiger partial charge in [-0.25, -0.2) is 0 Å². The van der Waals surface area contributed by atoms with Gasteiger partial charge < -0.3 is 5.11 Å². The molecule has 1 aliphatic heterocycles. The fraction of sp³-hybridized carbons (Fsp3) is 0.765. The number of carboxylic acids is 1. The maximum absolute atomic E-state index is 11.5. The number of hydrogen-bond acceptors (Lipinski definition) is 3. The van der Waals surface area contributed by atoms with Gasteiger partial charge in [0.2, 0.25) is 0 Å².